The first kappa shape index (κ1) is 9.70. The third kappa shape index (κ3) is 2.05. The molecule has 4 nitrogen and oxygen atoms in total. The third-order valence-corrected chi connectivity index (χ3v) is 1.76. The van der Waals surface area contributed by atoms with Crippen LogP contribution in [0.1, 0.15) is 15.9 Å². The lowest BCUT2D eigenvalue weighted by Gasteiger charge is -2.03. The van der Waals surface area contributed by atoms with E-state index in [0.29, 0.717) is 11.1 Å². The molecular weight excluding hydrogens is 170 g/mol. The van der Waals surface area contributed by atoms with E-state index in [1.807, 2.05) is 0 Å². The molecule has 0 bridgehead atoms. The van der Waals surface area contributed by atoms with Crippen molar-refractivity contribution in [2.45, 2.75) is 6.61 Å². The van der Waals surface area contributed by atoms with E-state index in [0.717, 1.165) is 0 Å². The molecule has 0 radical (unpaired) electrons. The highest BCUT2D eigenvalue weighted by molar-refractivity contribution is 5.97. The van der Waals surface area contributed by atoms with Gasteiger partial charge in [-0.15, -0.1) is 0 Å². The molecule has 0 amide bonds. The summed E-state index contributed by atoms with van der Waals surface area (Å²) in [5, 5.41) is 18.0. The number of phenols is 1. The molecule has 0 aliphatic carbocycles. The Morgan fingerprint density at radius 1 is 1.46 bits per heavy atom. The Bertz CT molecular complexity index is 323. The molecule has 0 saturated carbocycles. The van der Waals surface area contributed by atoms with Crippen LogP contribution in [0.5, 0.6) is 5.75 Å². The van der Waals surface area contributed by atoms with E-state index in [1.54, 1.807) is 0 Å². The van der Waals surface area contributed by atoms with E-state index in [9.17, 15) is 9.90 Å². The van der Waals surface area contributed by atoms with E-state index in [-0.39, 0.29) is 24.7 Å². The van der Waals surface area contributed by atoms with Crippen LogP contribution in [-0.4, -0.2) is 22.5 Å². The number of rotatable bonds is 3. The van der Waals surface area contributed by atoms with E-state index >= 15 is 0 Å². The third-order valence-electron chi connectivity index (χ3n) is 1.76. The molecular formula is C9H11NO3. The number of ketones is 1. The number of benzene rings is 1. The maximum atomic E-state index is 11.1. The molecule has 0 aliphatic rings. The summed E-state index contributed by atoms with van der Waals surface area (Å²) in [6.45, 7) is -0.368. The molecule has 0 spiro atoms. The normalized spacial score (nSPS) is 10.0. The summed E-state index contributed by atoms with van der Waals surface area (Å²) in [7, 11) is 0. The summed E-state index contributed by atoms with van der Waals surface area (Å²) in [6.07, 6.45) is 0. The Kier molecular flexibility index (Phi) is 3.00. The number of nitrogens with two attached hydrogens (primary N) is 1. The molecule has 0 aliphatic heterocycles. The van der Waals surface area contributed by atoms with Gasteiger partial charge in [-0.1, -0.05) is 0 Å². The first-order chi connectivity index (χ1) is 6.19. The molecule has 0 fully saturated rings. The largest absolute Gasteiger partial charge is 0.508 e. The zero-order chi connectivity index (χ0) is 9.84. The van der Waals surface area contributed by atoms with Crippen molar-refractivity contribution in [3.05, 3.63) is 29.3 Å². The standard InChI is InChI=1S/C9H11NO3/c10-4-9(13)6-1-2-8(12)7(3-6)5-11/h1-3,11-12H,4-5,10H2. The number of aromatic hydroxyl groups is 1. The predicted octanol–water partition coefficient (Wildman–Crippen LogP) is 0.0259. The number of aliphatic hydroxyl groups is 1. The van der Waals surface area contributed by atoms with E-state index in [1.165, 1.54) is 18.2 Å². The molecule has 4 heteroatoms. The molecule has 13 heavy (non-hydrogen) atoms. The van der Waals surface area contributed by atoms with Crippen LogP contribution in [0.4, 0.5) is 0 Å². The van der Waals surface area contributed by atoms with Crippen LogP contribution in [0.2, 0.25) is 0 Å². The molecule has 4 N–H and O–H groups in total. The molecule has 0 saturated heterocycles. The minimum Gasteiger partial charge on any atom is -0.508 e. The van der Waals surface area contributed by atoms with Crippen LogP contribution in [-0.2, 0) is 6.61 Å². The highest BCUT2D eigenvalue weighted by Gasteiger charge is 2.06. The highest BCUT2D eigenvalue weighted by atomic mass is 16.3. The van der Waals surface area contributed by atoms with Gasteiger partial charge in [0.2, 0.25) is 0 Å². The SMILES string of the molecule is NCC(=O)c1ccc(O)c(CO)c1. The highest BCUT2D eigenvalue weighted by Crippen LogP contribution is 2.18. The second kappa shape index (κ2) is 4.02. The molecule has 0 heterocycles. The van der Waals surface area contributed by atoms with Crippen molar-refractivity contribution < 1.29 is 15.0 Å². The number of carbonyl (C=O) groups excluding carboxylic acids is 1. The lowest BCUT2D eigenvalue weighted by Crippen LogP contribution is -2.13. The smallest absolute Gasteiger partial charge is 0.176 e. The van der Waals surface area contributed by atoms with Crippen molar-refractivity contribution in [1.29, 1.82) is 0 Å². The van der Waals surface area contributed by atoms with Gasteiger partial charge in [0, 0.05) is 11.1 Å². The lowest BCUT2D eigenvalue weighted by molar-refractivity contribution is 0.100. The van der Waals surface area contributed by atoms with Crippen LogP contribution in [0.15, 0.2) is 18.2 Å². The van der Waals surface area contributed by atoms with E-state index in [4.69, 9.17) is 10.8 Å². The van der Waals surface area contributed by atoms with Crippen LogP contribution >= 0.6 is 0 Å². The maximum absolute atomic E-state index is 11.1. The maximum Gasteiger partial charge on any atom is 0.176 e. The monoisotopic (exact) mass is 181 g/mol. The molecule has 0 atom stereocenters. The summed E-state index contributed by atoms with van der Waals surface area (Å²) in [5.74, 6) is -0.231. The van der Waals surface area contributed by atoms with Crippen LogP contribution in [0.3, 0.4) is 0 Å². The summed E-state index contributed by atoms with van der Waals surface area (Å²) in [5.41, 5.74) is 5.90. The zero-order valence-corrected chi connectivity index (χ0v) is 7.03. The average Bonchev–Trinajstić information content (AvgIpc) is 2.17. The average molecular weight is 181 g/mol. The van der Waals surface area contributed by atoms with Gasteiger partial charge in [-0.05, 0) is 18.2 Å². The van der Waals surface area contributed by atoms with Crippen molar-refractivity contribution in [3.63, 3.8) is 0 Å². The molecule has 1 aromatic carbocycles. The Morgan fingerprint density at radius 3 is 2.69 bits per heavy atom. The summed E-state index contributed by atoms with van der Waals surface area (Å²) in [4.78, 5) is 11.1. The van der Waals surface area contributed by atoms with Crippen molar-refractivity contribution in [1.82, 2.24) is 0 Å². The predicted molar refractivity (Wildman–Crippen MR) is 47.4 cm³/mol. The topological polar surface area (TPSA) is 83.6 Å². The lowest BCUT2D eigenvalue weighted by atomic mass is 10.1. The second-order valence-electron chi connectivity index (χ2n) is 2.63. The number of Topliss-reactive ketones (excluding diaryl/α,β-unsaturated/α-hetero) is 1. The van der Waals surface area contributed by atoms with Gasteiger partial charge in [0.15, 0.2) is 5.78 Å². The van der Waals surface area contributed by atoms with Crippen molar-refractivity contribution >= 4 is 5.78 Å². The van der Waals surface area contributed by atoms with Gasteiger partial charge in [-0.3, -0.25) is 4.79 Å². The second-order valence-corrected chi connectivity index (χ2v) is 2.63. The van der Waals surface area contributed by atoms with Gasteiger partial charge in [0.25, 0.3) is 0 Å². The van der Waals surface area contributed by atoms with Crippen molar-refractivity contribution in [2.24, 2.45) is 5.73 Å². The first-order valence-corrected chi connectivity index (χ1v) is 3.85. The van der Waals surface area contributed by atoms with Gasteiger partial charge in [-0.2, -0.15) is 0 Å². The van der Waals surface area contributed by atoms with Crippen molar-refractivity contribution in [2.75, 3.05) is 6.54 Å². The quantitative estimate of drug-likeness (QED) is 0.574. The summed E-state index contributed by atoms with van der Waals surface area (Å²) < 4.78 is 0. The van der Waals surface area contributed by atoms with Crippen LogP contribution in [0, 0.1) is 0 Å². The van der Waals surface area contributed by atoms with Gasteiger partial charge >= 0.3 is 0 Å². The fourth-order valence-electron chi connectivity index (χ4n) is 1.00. The van der Waals surface area contributed by atoms with Gasteiger partial charge < -0.3 is 15.9 Å². The number of hydrogen-bond acceptors (Lipinski definition) is 4. The number of aliphatic hydroxyl groups excluding tert-OH is 1. The Balaban J connectivity index is 3.06. The number of hydrogen-bond donors (Lipinski definition) is 3. The Hall–Kier alpha value is -1.39. The summed E-state index contributed by atoms with van der Waals surface area (Å²) >= 11 is 0. The van der Waals surface area contributed by atoms with E-state index < -0.39 is 0 Å². The summed E-state index contributed by atoms with van der Waals surface area (Å²) in [6, 6.07) is 4.28. The fraction of sp³-hybridized carbons (Fsp3) is 0.222. The molecule has 0 unspecified atom stereocenters. The minimum atomic E-state index is -0.294. The van der Waals surface area contributed by atoms with Gasteiger partial charge in [0.05, 0.1) is 13.2 Å². The zero-order valence-electron chi connectivity index (χ0n) is 7.03. The molecule has 70 valence electrons. The van der Waals surface area contributed by atoms with Crippen molar-refractivity contribution in [3.8, 4) is 5.75 Å². The number of carbonyl (C=O) groups is 1. The molecule has 1 aromatic rings. The van der Waals surface area contributed by atoms with Crippen LogP contribution < -0.4 is 5.73 Å². The first-order valence-electron chi connectivity index (χ1n) is 3.85. The Labute approximate surface area is 75.6 Å². The molecule has 0 aromatic heterocycles. The Morgan fingerprint density at radius 2 is 2.15 bits per heavy atom. The van der Waals surface area contributed by atoms with Crippen LogP contribution in [0.25, 0.3) is 0 Å². The minimum absolute atomic E-state index is 0.0175. The van der Waals surface area contributed by atoms with Gasteiger partial charge in [0.1, 0.15) is 5.75 Å². The molecule has 1 rings (SSSR count). The fourth-order valence-corrected chi connectivity index (χ4v) is 1.00. The van der Waals surface area contributed by atoms with Gasteiger partial charge in [-0.25, -0.2) is 0 Å². The van der Waals surface area contributed by atoms with E-state index in [2.05, 4.69) is 0 Å².